The first-order valence-corrected chi connectivity index (χ1v) is 7.91. The second-order valence-electron chi connectivity index (χ2n) is 4.74. The summed E-state index contributed by atoms with van der Waals surface area (Å²) in [6.45, 7) is -0.242. The Bertz CT molecular complexity index is 781. The topological polar surface area (TPSA) is 69.2 Å². The molecule has 0 fully saturated rings. The highest BCUT2D eigenvalue weighted by molar-refractivity contribution is 6.35. The number of para-hydroxylation sites is 1. The van der Waals surface area contributed by atoms with Crippen LogP contribution < -0.4 is 19.6 Å². The number of hydrazone groups is 1. The van der Waals surface area contributed by atoms with Crippen molar-refractivity contribution in [3.05, 3.63) is 52.0 Å². The van der Waals surface area contributed by atoms with Crippen molar-refractivity contribution in [2.45, 2.75) is 0 Å². The normalized spacial score (nSPS) is 10.6. The summed E-state index contributed by atoms with van der Waals surface area (Å²) < 4.78 is 15.8. The van der Waals surface area contributed by atoms with E-state index >= 15 is 0 Å². The average molecular weight is 383 g/mol. The molecule has 0 aliphatic carbocycles. The van der Waals surface area contributed by atoms with Crippen molar-refractivity contribution in [2.24, 2.45) is 5.10 Å². The lowest BCUT2D eigenvalue weighted by Gasteiger charge is -2.09. The van der Waals surface area contributed by atoms with Crippen molar-refractivity contribution in [3.8, 4) is 17.2 Å². The summed E-state index contributed by atoms with van der Waals surface area (Å²) in [6.07, 6.45) is 1.45. The van der Waals surface area contributed by atoms with E-state index in [1.54, 1.807) is 37.4 Å². The predicted octanol–water partition coefficient (Wildman–Crippen LogP) is 3.54. The highest BCUT2D eigenvalue weighted by Gasteiger charge is 2.08. The summed E-state index contributed by atoms with van der Waals surface area (Å²) in [5.74, 6) is 1.01. The molecule has 6 nitrogen and oxygen atoms in total. The van der Waals surface area contributed by atoms with Crippen LogP contribution in [-0.4, -0.2) is 32.9 Å². The summed E-state index contributed by atoms with van der Waals surface area (Å²) in [5.41, 5.74) is 3.02. The highest BCUT2D eigenvalue weighted by atomic mass is 35.5. The molecule has 0 radical (unpaired) electrons. The van der Waals surface area contributed by atoms with Crippen LogP contribution in [0.4, 0.5) is 0 Å². The van der Waals surface area contributed by atoms with Gasteiger partial charge in [0, 0.05) is 10.6 Å². The molecular formula is C17H16Cl2N2O4. The van der Waals surface area contributed by atoms with Crippen molar-refractivity contribution in [1.29, 1.82) is 0 Å². The number of nitrogens with one attached hydrogen (secondary N) is 1. The maximum absolute atomic E-state index is 11.8. The first-order valence-electron chi connectivity index (χ1n) is 7.16. The van der Waals surface area contributed by atoms with Crippen LogP contribution in [-0.2, 0) is 4.79 Å². The van der Waals surface area contributed by atoms with Crippen LogP contribution in [0.25, 0.3) is 0 Å². The summed E-state index contributed by atoms with van der Waals surface area (Å²) >= 11 is 11.8. The maximum Gasteiger partial charge on any atom is 0.277 e. The molecular weight excluding hydrogens is 367 g/mol. The van der Waals surface area contributed by atoms with Gasteiger partial charge in [-0.05, 0) is 30.3 Å². The molecule has 1 amide bonds. The lowest BCUT2D eigenvalue weighted by atomic mass is 10.2. The summed E-state index contributed by atoms with van der Waals surface area (Å²) in [6, 6.07) is 10.1. The summed E-state index contributed by atoms with van der Waals surface area (Å²) in [7, 11) is 3.07. The largest absolute Gasteiger partial charge is 0.493 e. The standard InChI is InChI=1S/C17H16Cl2N2O4/c1-23-15-5-3-4-11(17(15)24-2)9-20-21-16(22)10-25-14-7-6-12(18)8-13(14)19/h3-9H,10H2,1-2H3,(H,21,22). The molecule has 2 aromatic carbocycles. The minimum atomic E-state index is -0.441. The monoisotopic (exact) mass is 382 g/mol. The molecule has 2 rings (SSSR count). The fraction of sp³-hybridized carbons (Fsp3) is 0.176. The third kappa shape index (κ3) is 5.27. The zero-order valence-corrected chi connectivity index (χ0v) is 15.1. The van der Waals surface area contributed by atoms with E-state index in [0.29, 0.717) is 32.9 Å². The van der Waals surface area contributed by atoms with Gasteiger partial charge in [-0.25, -0.2) is 5.43 Å². The predicted molar refractivity (Wildman–Crippen MR) is 97.2 cm³/mol. The molecule has 0 saturated heterocycles. The minimum Gasteiger partial charge on any atom is -0.493 e. The number of carbonyl (C=O) groups is 1. The first-order chi connectivity index (χ1) is 12.0. The van der Waals surface area contributed by atoms with Crippen LogP contribution in [0.1, 0.15) is 5.56 Å². The number of amides is 1. The quantitative estimate of drug-likeness (QED) is 0.587. The van der Waals surface area contributed by atoms with E-state index < -0.39 is 5.91 Å². The molecule has 132 valence electrons. The molecule has 0 aliphatic heterocycles. The van der Waals surface area contributed by atoms with Gasteiger partial charge < -0.3 is 14.2 Å². The minimum absolute atomic E-state index is 0.242. The number of hydrogen-bond donors (Lipinski definition) is 1. The second-order valence-corrected chi connectivity index (χ2v) is 5.58. The molecule has 0 saturated carbocycles. The van der Waals surface area contributed by atoms with Crippen molar-refractivity contribution < 1.29 is 19.0 Å². The number of carbonyl (C=O) groups excluding carboxylic acids is 1. The number of halogens is 2. The van der Waals surface area contributed by atoms with Gasteiger partial charge in [0.2, 0.25) is 0 Å². The van der Waals surface area contributed by atoms with E-state index in [0.717, 1.165) is 0 Å². The van der Waals surface area contributed by atoms with Crippen molar-refractivity contribution in [2.75, 3.05) is 20.8 Å². The molecule has 0 spiro atoms. The van der Waals surface area contributed by atoms with Crippen LogP contribution >= 0.6 is 23.2 Å². The third-order valence-corrected chi connectivity index (χ3v) is 3.61. The number of ether oxygens (including phenoxy) is 3. The number of hydrogen-bond acceptors (Lipinski definition) is 5. The Morgan fingerprint density at radius 3 is 2.64 bits per heavy atom. The van der Waals surface area contributed by atoms with Gasteiger partial charge in [0.1, 0.15) is 5.75 Å². The van der Waals surface area contributed by atoms with E-state index in [9.17, 15) is 4.79 Å². The third-order valence-electron chi connectivity index (χ3n) is 3.08. The fourth-order valence-corrected chi connectivity index (χ4v) is 2.42. The maximum atomic E-state index is 11.8. The van der Waals surface area contributed by atoms with Gasteiger partial charge in [-0.2, -0.15) is 5.10 Å². The van der Waals surface area contributed by atoms with Crippen LogP contribution in [0, 0.1) is 0 Å². The van der Waals surface area contributed by atoms with Crippen molar-refractivity contribution >= 4 is 35.3 Å². The first kappa shape index (κ1) is 18.9. The zero-order chi connectivity index (χ0) is 18.2. The van der Waals surface area contributed by atoms with Gasteiger partial charge in [0.25, 0.3) is 5.91 Å². The van der Waals surface area contributed by atoms with Crippen molar-refractivity contribution in [3.63, 3.8) is 0 Å². The Balaban J connectivity index is 1.92. The molecule has 0 unspecified atom stereocenters. The number of benzene rings is 2. The van der Waals surface area contributed by atoms with Gasteiger partial charge >= 0.3 is 0 Å². The summed E-state index contributed by atoms with van der Waals surface area (Å²) in [4.78, 5) is 11.8. The lowest BCUT2D eigenvalue weighted by Crippen LogP contribution is -2.24. The Labute approximate surface area is 155 Å². The van der Waals surface area contributed by atoms with Crippen molar-refractivity contribution in [1.82, 2.24) is 5.43 Å². The molecule has 2 aromatic rings. The van der Waals surface area contributed by atoms with E-state index in [1.807, 2.05) is 0 Å². The number of rotatable bonds is 7. The van der Waals surface area contributed by atoms with Crippen LogP contribution in [0.5, 0.6) is 17.2 Å². The molecule has 0 heterocycles. The van der Waals surface area contributed by atoms with Crippen LogP contribution in [0.2, 0.25) is 10.0 Å². The van der Waals surface area contributed by atoms with Crippen LogP contribution in [0.3, 0.4) is 0 Å². The molecule has 0 atom stereocenters. The molecule has 8 heteroatoms. The Kier molecular flexibility index (Phi) is 6.91. The molecule has 0 aliphatic rings. The second kappa shape index (κ2) is 9.15. The smallest absolute Gasteiger partial charge is 0.277 e. The summed E-state index contributed by atoms with van der Waals surface area (Å²) in [5, 5.41) is 4.69. The van der Waals surface area contributed by atoms with Gasteiger partial charge in [0.05, 0.1) is 25.5 Å². The van der Waals surface area contributed by atoms with Gasteiger partial charge in [-0.1, -0.05) is 29.3 Å². The highest BCUT2D eigenvalue weighted by Crippen LogP contribution is 2.29. The average Bonchev–Trinajstić information content (AvgIpc) is 2.60. The van der Waals surface area contributed by atoms with E-state index in [2.05, 4.69) is 10.5 Å². The molecule has 0 bridgehead atoms. The molecule has 1 N–H and O–H groups in total. The van der Waals surface area contributed by atoms with Gasteiger partial charge in [-0.15, -0.1) is 0 Å². The number of nitrogens with zero attached hydrogens (tertiary/aromatic N) is 1. The van der Waals surface area contributed by atoms with E-state index in [-0.39, 0.29) is 6.61 Å². The SMILES string of the molecule is COc1cccc(C=NNC(=O)COc2ccc(Cl)cc2Cl)c1OC. The zero-order valence-electron chi connectivity index (χ0n) is 13.6. The Morgan fingerprint density at radius 2 is 1.96 bits per heavy atom. The van der Waals surface area contributed by atoms with Gasteiger partial charge in [0.15, 0.2) is 18.1 Å². The van der Waals surface area contributed by atoms with Gasteiger partial charge in [-0.3, -0.25) is 4.79 Å². The van der Waals surface area contributed by atoms with Crippen LogP contribution in [0.15, 0.2) is 41.5 Å². The molecule has 0 aromatic heterocycles. The van der Waals surface area contributed by atoms with E-state index in [4.69, 9.17) is 37.4 Å². The lowest BCUT2D eigenvalue weighted by molar-refractivity contribution is -0.123. The molecule has 25 heavy (non-hydrogen) atoms. The number of methoxy groups -OCH3 is 2. The van der Waals surface area contributed by atoms with E-state index in [1.165, 1.54) is 19.4 Å². The Morgan fingerprint density at radius 1 is 1.16 bits per heavy atom. The fourth-order valence-electron chi connectivity index (χ4n) is 1.96. The Hall–Kier alpha value is -2.44.